The second-order valence-electron chi connectivity index (χ2n) is 5.02. The molecule has 0 saturated heterocycles. The second kappa shape index (κ2) is 4.17. The van der Waals surface area contributed by atoms with Gasteiger partial charge in [-0.1, -0.05) is 27.7 Å². The number of hydrogen-bond acceptors (Lipinski definition) is 3. The van der Waals surface area contributed by atoms with Gasteiger partial charge in [0.1, 0.15) is 5.82 Å². The van der Waals surface area contributed by atoms with Gasteiger partial charge in [0.25, 0.3) is 0 Å². The molecule has 0 amide bonds. The van der Waals surface area contributed by atoms with Gasteiger partial charge < -0.3 is 4.90 Å². The molecule has 0 unspecified atom stereocenters. The maximum Gasteiger partial charge on any atom is 0.134 e. The third-order valence-corrected chi connectivity index (χ3v) is 2.33. The van der Waals surface area contributed by atoms with E-state index in [9.17, 15) is 0 Å². The summed E-state index contributed by atoms with van der Waals surface area (Å²) in [4.78, 5) is 11.1. The van der Waals surface area contributed by atoms with Crippen LogP contribution in [0.1, 0.15) is 39.2 Å². The summed E-state index contributed by atoms with van der Waals surface area (Å²) in [5, 5.41) is 0. The minimum Gasteiger partial charge on any atom is -0.375 e. The summed E-state index contributed by atoms with van der Waals surface area (Å²) >= 11 is 0. The Hall–Kier alpha value is -1.12. The van der Waals surface area contributed by atoms with Crippen molar-refractivity contribution in [1.82, 2.24) is 9.97 Å². The summed E-state index contributed by atoms with van der Waals surface area (Å²) in [6.45, 7) is 8.53. The van der Waals surface area contributed by atoms with Crippen LogP contribution < -0.4 is 4.90 Å². The molecule has 0 atom stereocenters. The van der Waals surface area contributed by atoms with E-state index in [-0.39, 0.29) is 5.41 Å². The quantitative estimate of drug-likeness (QED) is 0.745. The van der Waals surface area contributed by atoms with Gasteiger partial charge in [-0.15, -0.1) is 0 Å². The van der Waals surface area contributed by atoms with Crippen molar-refractivity contribution < 1.29 is 0 Å². The highest BCUT2D eigenvalue weighted by Gasteiger charge is 2.18. The molecule has 1 aromatic rings. The Bertz CT molecular complexity index is 337. The molecule has 0 spiro atoms. The van der Waals surface area contributed by atoms with Crippen molar-refractivity contribution >= 4 is 5.69 Å². The molecule has 1 aromatic heterocycles. The molecule has 0 saturated carbocycles. The molecular weight excluding hydrogens is 186 g/mol. The molecule has 0 aromatic carbocycles. The van der Waals surface area contributed by atoms with E-state index in [1.54, 1.807) is 0 Å². The van der Waals surface area contributed by atoms with E-state index in [1.165, 1.54) is 0 Å². The van der Waals surface area contributed by atoms with Crippen LogP contribution in [0.5, 0.6) is 0 Å². The Morgan fingerprint density at radius 1 is 1.27 bits per heavy atom. The van der Waals surface area contributed by atoms with Gasteiger partial charge in [-0.25, -0.2) is 9.97 Å². The minimum atomic E-state index is 0.0226. The monoisotopic (exact) mass is 207 g/mol. The van der Waals surface area contributed by atoms with Gasteiger partial charge in [-0.05, 0) is 6.42 Å². The summed E-state index contributed by atoms with van der Waals surface area (Å²) in [7, 11) is 4.04. The number of rotatable bonds is 2. The second-order valence-corrected chi connectivity index (χ2v) is 5.02. The third kappa shape index (κ3) is 2.67. The van der Waals surface area contributed by atoms with E-state index in [0.29, 0.717) is 0 Å². The molecule has 1 rings (SSSR count). The predicted octanol–water partition coefficient (Wildman–Crippen LogP) is 2.40. The molecule has 0 radical (unpaired) electrons. The van der Waals surface area contributed by atoms with Crippen LogP contribution in [0, 0.1) is 0 Å². The molecule has 0 bridgehead atoms. The van der Waals surface area contributed by atoms with E-state index < -0.39 is 0 Å². The van der Waals surface area contributed by atoms with Crippen LogP contribution in [0.25, 0.3) is 0 Å². The first kappa shape index (κ1) is 12.0. The van der Waals surface area contributed by atoms with Gasteiger partial charge in [0.15, 0.2) is 0 Å². The Kier molecular flexibility index (Phi) is 3.32. The predicted molar refractivity (Wildman–Crippen MR) is 64.4 cm³/mol. The Balaban J connectivity index is 3.19. The van der Waals surface area contributed by atoms with Crippen LogP contribution in [0.4, 0.5) is 5.69 Å². The van der Waals surface area contributed by atoms with E-state index in [2.05, 4.69) is 42.6 Å². The van der Waals surface area contributed by atoms with Crippen LogP contribution in [-0.2, 0) is 11.8 Å². The number of anilines is 1. The van der Waals surface area contributed by atoms with Crippen LogP contribution >= 0.6 is 0 Å². The zero-order valence-electron chi connectivity index (χ0n) is 10.6. The largest absolute Gasteiger partial charge is 0.375 e. The fourth-order valence-electron chi connectivity index (χ4n) is 1.41. The highest BCUT2D eigenvalue weighted by Crippen LogP contribution is 2.22. The molecule has 0 aliphatic rings. The standard InChI is InChI=1S/C12H21N3/c1-7-9-10(15(5)6)8-13-11(14-9)12(2,3)4/h8H,7H2,1-6H3. The minimum absolute atomic E-state index is 0.0226. The van der Waals surface area contributed by atoms with Crippen molar-refractivity contribution in [2.24, 2.45) is 0 Å². The highest BCUT2D eigenvalue weighted by atomic mass is 15.1. The van der Waals surface area contributed by atoms with Crippen molar-refractivity contribution in [2.45, 2.75) is 39.5 Å². The molecule has 15 heavy (non-hydrogen) atoms. The van der Waals surface area contributed by atoms with Gasteiger partial charge in [0.2, 0.25) is 0 Å². The molecule has 3 nitrogen and oxygen atoms in total. The lowest BCUT2D eigenvalue weighted by Crippen LogP contribution is -2.20. The van der Waals surface area contributed by atoms with Crippen molar-refractivity contribution in [1.29, 1.82) is 0 Å². The average Bonchev–Trinajstić information content (AvgIpc) is 2.15. The molecule has 0 N–H and O–H groups in total. The first-order chi connectivity index (χ1) is 6.86. The zero-order chi connectivity index (χ0) is 11.6. The fourth-order valence-corrected chi connectivity index (χ4v) is 1.41. The van der Waals surface area contributed by atoms with Crippen LogP contribution in [-0.4, -0.2) is 24.1 Å². The van der Waals surface area contributed by atoms with Gasteiger partial charge in [0, 0.05) is 19.5 Å². The summed E-state index contributed by atoms with van der Waals surface area (Å²) in [5.74, 6) is 0.921. The Labute approximate surface area is 92.6 Å². The SMILES string of the molecule is CCc1nc(C(C)(C)C)ncc1N(C)C. The number of nitrogens with zero attached hydrogens (tertiary/aromatic N) is 3. The molecule has 84 valence electrons. The zero-order valence-corrected chi connectivity index (χ0v) is 10.6. The van der Waals surface area contributed by atoms with Crippen LogP contribution in [0.2, 0.25) is 0 Å². The molecule has 1 heterocycles. The van der Waals surface area contributed by atoms with Crippen molar-refractivity contribution in [3.8, 4) is 0 Å². The van der Waals surface area contributed by atoms with Gasteiger partial charge in [-0.2, -0.15) is 0 Å². The van der Waals surface area contributed by atoms with Crippen molar-refractivity contribution in [3.63, 3.8) is 0 Å². The van der Waals surface area contributed by atoms with Crippen LogP contribution in [0.3, 0.4) is 0 Å². The normalized spacial score (nSPS) is 11.6. The topological polar surface area (TPSA) is 29.0 Å². The average molecular weight is 207 g/mol. The summed E-state index contributed by atoms with van der Waals surface area (Å²) < 4.78 is 0. The first-order valence-electron chi connectivity index (χ1n) is 5.40. The van der Waals surface area contributed by atoms with E-state index in [1.807, 2.05) is 20.3 Å². The van der Waals surface area contributed by atoms with Crippen molar-refractivity contribution in [3.05, 3.63) is 17.7 Å². The summed E-state index contributed by atoms with van der Waals surface area (Å²) in [6.07, 6.45) is 2.87. The lowest BCUT2D eigenvalue weighted by atomic mass is 9.95. The van der Waals surface area contributed by atoms with Gasteiger partial charge in [-0.3, -0.25) is 0 Å². The van der Waals surface area contributed by atoms with Crippen LogP contribution in [0.15, 0.2) is 6.20 Å². The van der Waals surface area contributed by atoms with E-state index in [0.717, 1.165) is 23.6 Å². The van der Waals surface area contributed by atoms with E-state index in [4.69, 9.17) is 0 Å². The lowest BCUT2D eigenvalue weighted by molar-refractivity contribution is 0.541. The molecule has 0 aliphatic carbocycles. The van der Waals surface area contributed by atoms with Gasteiger partial charge >= 0.3 is 0 Å². The maximum absolute atomic E-state index is 4.63. The molecule has 0 aliphatic heterocycles. The van der Waals surface area contributed by atoms with E-state index >= 15 is 0 Å². The summed E-state index contributed by atoms with van der Waals surface area (Å²) in [5.41, 5.74) is 2.26. The Morgan fingerprint density at radius 3 is 2.27 bits per heavy atom. The summed E-state index contributed by atoms with van der Waals surface area (Å²) in [6, 6.07) is 0. The Morgan fingerprint density at radius 2 is 1.87 bits per heavy atom. The molecule has 3 heteroatoms. The maximum atomic E-state index is 4.63. The lowest BCUT2D eigenvalue weighted by Gasteiger charge is -2.21. The molecule has 0 fully saturated rings. The van der Waals surface area contributed by atoms with Crippen molar-refractivity contribution in [2.75, 3.05) is 19.0 Å². The highest BCUT2D eigenvalue weighted by molar-refractivity contribution is 5.47. The fraction of sp³-hybridized carbons (Fsp3) is 0.667. The number of hydrogen-bond donors (Lipinski definition) is 0. The number of aromatic nitrogens is 2. The first-order valence-corrected chi connectivity index (χ1v) is 5.40. The van der Waals surface area contributed by atoms with Gasteiger partial charge in [0.05, 0.1) is 17.6 Å². The smallest absolute Gasteiger partial charge is 0.134 e. The molecular formula is C12H21N3. The number of aryl methyl sites for hydroxylation is 1. The third-order valence-electron chi connectivity index (χ3n) is 2.33.